The van der Waals surface area contributed by atoms with E-state index in [9.17, 15) is 0 Å². The molecular formula is C10H18N2. The van der Waals surface area contributed by atoms with Gasteiger partial charge in [0.1, 0.15) is 0 Å². The van der Waals surface area contributed by atoms with Crippen LogP contribution in [0, 0.1) is 0 Å². The van der Waals surface area contributed by atoms with E-state index in [1.807, 2.05) is 0 Å². The van der Waals surface area contributed by atoms with E-state index >= 15 is 0 Å². The van der Waals surface area contributed by atoms with Gasteiger partial charge in [-0.25, -0.2) is 0 Å². The summed E-state index contributed by atoms with van der Waals surface area (Å²) in [5.74, 6) is 0. The summed E-state index contributed by atoms with van der Waals surface area (Å²) in [7, 11) is 0. The summed E-state index contributed by atoms with van der Waals surface area (Å²) in [5, 5.41) is 7.05. The SMILES string of the molecule is C=C1CNC2CCCCCC2N1. The van der Waals surface area contributed by atoms with Gasteiger partial charge in [-0.3, -0.25) is 0 Å². The van der Waals surface area contributed by atoms with Crippen LogP contribution in [0.15, 0.2) is 12.3 Å². The second-order valence-electron chi connectivity index (χ2n) is 3.98. The number of hydrogen-bond donors (Lipinski definition) is 2. The summed E-state index contributed by atoms with van der Waals surface area (Å²) in [6.45, 7) is 4.92. The molecular weight excluding hydrogens is 148 g/mol. The van der Waals surface area contributed by atoms with Gasteiger partial charge >= 0.3 is 0 Å². The monoisotopic (exact) mass is 166 g/mol. The van der Waals surface area contributed by atoms with Gasteiger partial charge < -0.3 is 10.6 Å². The largest absolute Gasteiger partial charge is 0.383 e. The first-order chi connectivity index (χ1) is 5.86. The zero-order chi connectivity index (χ0) is 8.39. The summed E-state index contributed by atoms with van der Waals surface area (Å²) in [6.07, 6.45) is 6.83. The second-order valence-corrected chi connectivity index (χ2v) is 3.98. The third-order valence-corrected chi connectivity index (χ3v) is 2.98. The van der Waals surface area contributed by atoms with E-state index in [2.05, 4.69) is 17.2 Å². The van der Waals surface area contributed by atoms with Crippen molar-refractivity contribution in [3.05, 3.63) is 12.3 Å². The molecule has 2 nitrogen and oxygen atoms in total. The van der Waals surface area contributed by atoms with Gasteiger partial charge in [0.25, 0.3) is 0 Å². The molecule has 2 fully saturated rings. The lowest BCUT2D eigenvalue weighted by Gasteiger charge is -2.34. The van der Waals surface area contributed by atoms with E-state index in [-0.39, 0.29) is 0 Å². The highest BCUT2D eigenvalue weighted by molar-refractivity contribution is 5.05. The van der Waals surface area contributed by atoms with Gasteiger partial charge in [-0.05, 0) is 12.8 Å². The van der Waals surface area contributed by atoms with Crippen molar-refractivity contribution < 1.29 is 0 Å². The maximum absolute atomic E-state index is 3.96. The van der Waals surface area contributed by atoms with Gasteiger partial charge in [0.2, 0.25) is 0 Å². The van der Waals surface area contributed by atoms with E-state index in [1.165, 1.54) is 32.1 Å². The Balaban J connectivity index is 1.99. The minimum atomic E-state index is 0.661. The number of nitrogens with one attached hydrogen (secondary N) is 2. The van der Waals surface area contributed by atoms with Crippen LogP contribution in [0.2, 0.25) is 0 Å². The molecule has 2 unspecified atom stereocenters. The quantitative estimate of drug-likeness (QED) is 0.568. The van der Waals surface area contributed by atoms with Gasteiger partial charge in [-0.1, -0.05) is 25.8 Å². The third kappa shape index (κ3) is 1.63. The summed E-state index contributed by atoms with van der Waals surface area (Å²) in [5.41, 5.74) is 1.16. The van der Waals surface area contributed by atoms with Crippen molar-refractivity contribution in [2.24, 2.45) is 0 Å². The van der Waals surface area contributed by atoms with E-state index < -0.39 is 0 Å². The number of piperazine rings is 1. The maximum Gasteiger partial charge on any atom is 0.0411 e. The first-order valence-electron chi connectivity index (χ1n) is 5.04. The van der Waals surface area contributed by atoms with Crippen molar-refractivity contribution in [2.75, 3.05) is 6.54 Å². The minimum absolute atomic E-state index is 0.661. The van der Waals surface area contributed by atoms with Crippen LogP contribution in [0.5, 0.6) is 0 Å². The molecule has 2 N–H and O–H groups in total. The molecule has 1 saturated heterocycles. The van der Waals surface area contributed by atoms with E-state index in [1.54, 1.807) is 0 Å². The zero-order valence-electron chi connectivity index (χ0n) is 7.60. The standard InChI is InChI=1S/C10H18N2/c1-8-7-11-9-5-3-2-4-6-10(9)12-8/h9-12H,1-7H2. The predicted octanol–water partition coefficient (Wildman–Crippen LogP) is 1.39. The van der Waals surface area contributed by atoms with Crippen LogP contribution in [0.4, 0.5) is 0 Å². The maximum atomic E-state index is 3.96. The van der Waals surface area contributed by atoms with Crippen molar-refractivity contribution in [3.8, 4) is 0 Å². The fourth-order valence-electron chi connectivity index (χ4n) is 2.29. The van der Waals surface area contributed by atoms with Gasteiger partial charge in [-0.15, -0.1) is 0 Å². The molecule has 2 aliphatic rings. The molecule has 0 amide bonds. The molecule has 2 atom stereocenters. The van der Waals surface area contributed by atoms with Crippen LogP contribution >= 0.6 is 0 Å². The van der Waals surface area contributed by atoms with E-state index in [0.29, 0.717) is 12.1 Å². The Hall–Kier alpha value is -0.500. The zero-order valence-corrected chi connectivity index (χ0v) is 7.60. The summed E-state index contributed by atoms with van der Waals surface area (Å²) in [4.78, 5) is 0. The molecule has 68 valence electrons. The van der Waals surface area contributed by atoms with Gasteiger partial charge in [0, 0.05) is 24.3 Å². The number of hydrogen-bond acceptors (Lipinski definition) is 2. The van der Waals surface area contributed by atoms with Crippen molar-refractivity contribution in [2.45, 2.75) is 44.2 Å². The molecule has 0 spiro atoms. The Morgan fingerprint density at radius 1 is 1.08 bits per heavy atom. The fourth-order valence-corrected chi connectivity index (χ4v) is 2.29. The van der Waals surface area contributed by atoms with Crippen LogP contribution in [0.25, 0.3) is 0 Å². The Morgan fingerprint density at radius 3 is 2.67 bits per heavy atom. The minimum Gasteiger partial charge on any atom is -0.383 e. The van der Waals surface area contributed by atoms with Crippen LogP contribution in [0.1, 0.15) is 32.1 Å². The van der Waals surface area contributed by atoms with Crippen LogP contribution in [0.3, 0.4) is 0 Å². The van der Waals surface area contributed by atoms with Crippen LogP contribution in [-0.4, -0.2) is 18.6 Å². The van der Waals surface area contributed by atoms with Crippen molar-refractivity contribution in [1.82, 2.24) is 10.6 Å². The molecule has 1 heterocycles. The molecule has 12 heavy (non-hydrogen) atoms. The Bertz CT molecular complexity index is 177. The topological polar surface area (TPSA) is 24.1 Å². The Labute approximate surface area is 74.4 Å². The fraction of sp³-hybridized carbons (Fsp3) is 0.800. The molecule has 1 saturated carbocycles. The smallest absolute Gasteiger partial charge is 0.0411 e. The highest BCUT2D eigenvalue weighted by Gasteiger charge is 2.26. The third-order valence-electron chi connectivity index (χ3n) is 2.98. The van der Waals surface area contributed by atoms with Crippen LogP contribution in [-0.2, 0) is 0 Å². The van der Waals surface area contributed by atoms with Crippen molar-refractivity contribution in [3.63, 3.8) is 0 Å². The lowest BCUT2D eigenvalue weighted by molar-refractivity contribution is 0.340. The van der Waals surface area contributed by atoms with Crippen molar-refractivity contribution in [1.29, 1.82) is 0 Å². The average Bonchev–Trinajstić information content (AvgIpc) is 2.28. The second kappa shape index (κ2) is 3.48. The molecule has 2 heteroatoms. The summed E-state index contributed by atoms with van der Waals surface area (Å²) >= 11 is 0. The predicted molar refractivity (Wildman–Crippen MR) is 50.9 cm³/mol. The Kier molecular flexibility index (Phi) is 2.35. The lowest BCUT2D eigenvalue weighted by atomic mass is 10.0. The molecule has 1 aliphatic carbocycles. The Morgan fingerprint density at radius 2 is 1.83 bits per heavy atom. The molecule has 0 radical (unpaired) electrons. The summed E-state index contributed by atoms with van der Waals surface area (Å²) in [6, 6.07) is 1.37. The first kappa shape index (κ1) is 8.11. The van der Waals surface area contributed by atoms with Crippen LogP contribution < -0.4 is 10.6 Å². The molecule has 0 aromatic heterocycles. The number of rotatable bonds is 0. The van der Waals surface area contributed by atoms with Crippen molar-refractivity contribution >= 4 is 0 Å². The van der Waals surface area contributed by atoms with Gasteiger partial charge in [0.05, 0.1) is 0 Å². The molecule has 0 aromatic carbocycles. The average molecular weight is 166 g/mol. The normalized spacial score (nSPS) is 36.5. The van der Waals surface area contributed by atoms with E-state index in [4.69, 9.17) is 0 Å². The highest BCUT2D eigenvalue weighted by atomic mass is 15.1. The van der Waals surface area contributed by atoms with Gasteiger partial charge in [0.15, 0.2) is 0 Å². The van der Waals surface area contributed by atoms with Gasteiger partial charge in [-0.2, -0.15) is 0 Å². The summed E-state index contributed by atoms with van der Waals surface area (Å²) < 4.78 is 0. The molecule has 0 aromatic rings. The highest BCUT2D eigenvalue weighted by Crippen LogP contribution is 2.20. The first-order valence-corrected chi connectivity index (χ1v) is 5.04. The van der Waals surface area contributed by atoms with E-state index in [0.717, 1.165) is 12.2 Å². The molecule has 0 bridgehead atoms. The number of fused-ring (bicyclic) bond motifs is 1. The lowest BCUT2D eigenvalue weighted by Crippen LogP contribution is -2.53. The molecule has 1 aliphatic heterocycles. The molecule has 2 rings (SSSR count).